The summed E-state index contributed by atoms with van der Waals surface area (Å²) >= 11 is 0. The molecule has 0 aliphatic rings. The Bertz CT molecular complexity index is 1030. The Hall–Kier alpha value is -3.54. The second-order valence-electron chi connectivity index (χ2n) is 6.11. The molecule has 0 aromatic heterocycles. The van der Waals surface area contributed by atoms with Crippen molar-refractivity contribution >= 4 is 11.8 Å². The van der Waals surface area contributed by atoms with Gasteiger partial charge in [-0.25, -0.2) is 8.78 Å². The maximum Gasteiger partial charge on any atom is 0.170 e. The van der Waals surface area contributed by atoms with Gasteiger partial charge in [0.05, 0.1) is 11.5 Å². The Kier molecular flexibility index (Phi) is 5.79. The molecular weight excluding hydrogens is 366 g/mol. The molecule has 0 saturated heterocycles. The largest absolute Gasteiger partial charge is 0.546 e. The maximum absolute atomic E-state index is 14.2. The molecule has 0 aliphatic carbocycles. The fraction of sp³-hybridized carbons (Fsp3) is 0.0909. The summed E-state index contributed by atoms with van der Waals surface area (Å²) in [6, 6.07) is 16.2. The van der Waals surface area contributed by atoms with Gasteiger partial charge in [0.15, 0.2) is 5.78 Å². The monoisotopic (exact) mass is 381 g/mol. The third-order valence-corrected chi connectivity index (χ3v) is 4.04. The van der Waals surface area contributed by atoms with Gasteiger partial charge < -0.3 is 14.6 Å². The molecule has 0 heterocycles. The Balaban J connectivity index is 1.82. The van der Waals surface area contributed by atoms with E-state index in [1.165, 1.54) is 42.5 Å². The van der Waals surface area contributed by atoms with E-state index in [4.69, 9.17) is 4.74 Å². The Morgan fingerprint density at radius 1 is 0.893 bits per heavy atom. The highest BCUT2D eigenvalue weighted by molar-refractivity contribution is 5.98. The lowest BCUT2D eigenvalue weighted by Crippen LogP contribution is -2.28. The molecule has 3 aromatic rings. The molecule has 6 heteroatoms. The van der Waals surface area contributed by atoms with Crippen molar-refractivity contribution in [2.75, 3.05) is 6.61 Å². The summed E-state index contributed by atoms with van der Waals surface area (Å²) in [6.07, 6.45) is -0.105. The van der Waals surface area contributed by atoms with Gasteiger partial charge in [-0.05, 0) is 53.1 Å². The number of carbonyl (C=O) groups is 2. The van der Waals surface area contributed by atoms with E-state index >= 15 is 0 Å². The number of ketones is 1. The van der Waals surface area contributed by atoms with Crippen LogP contribution in [-0.2, 0) is 11.2 Å². The summed E-state index contributed by atoms with van der Waals surface area (Å²) in [7, 11) is 0. The molecule has 0 N–H and O–H groups in total. The fourth-order valence-corrected chi connectivity index (χ4v) is 2.75. The van der Waals surface area contributed by atoms with Crippen LogP contribution in [0.4, 0.5) is 8.78 Å². The van der Waals surface area contributed by atoms with Gasteiger partial charge >= 0.3 is 0 Å². The number of hydrogen-bond donors (Lipinski definition) is 0. The van der Waals surface area contributed by atoms with Crippen molar-refractivity contribution in [2.45, 2.75) is 6.42 Å². The summed E-state index contributed by atoms with van der Waals surface area (Å²) < 4.78 is 32.7. The van der Waals surface area contributed by atoms with Crippen molar-refractivity contribution in [3.8, 4) is 16.9 Å². The molecule has 0 atom stereocenters. The lowest BCUT2D eigenvalue weighted by molar-refractivity contribution is -0.307. The molecule has 0 aliphatic heterocycles. The molecule has 0 unspecified atom stereocenters. The summed E-state index contributed by atoms with van der Waals surface area (Å²) in [5.41, 5.74) is 1.49. The van der Waals surface area contributed by atoms with Crippen LogP contribution in [0.3, 0.4) is 0 Å². The molecule has 0 bridgehead atoms. The Labute approximate surface area is 160 Å². The van der Waals surface area contributed by atoms with Gasteiger partial charge in [-0.3, -0.25) is 4.79 Å². The minimum Gasteiger partial charge on any atom is -0.546 e. The first-order valence-corrected chi connectivity index (χ1v) is 8.42. The zero-order valence-electron chi connectivity index (χ0n) is 14.7. The predicted octanol–water partition coefficient (Wildman–Crippen LogP) is 3.19. The molecule has 28 heavy (non-hydrogen) atoms. The molecular formula is C22H15F2O4-. The van der Waals surface area contributed by atoms with E-state index < -0.39 is 30.0 Å². The van der Waals surface area contributed by atoms with Crippen LogP contribution in [0.5, 0.6) is 5.75 Å². The van der Waals surface area contributed by atoms with Gasteiger partial charge in [-0.15, -0.1) is 0 Å². The van der Waals surface area contributed by atoms with E-state index in [0.717, 1.165) is 0 Å². The van der Waals surface area contributed by atoms with Crippen molar-refractivity contribution in [2.24, 2.45) is 0 Å². The van der Waals surface area contributed by atoms with Gasteiger partial charge in [0, 0.05) is 6.42 Å². The lowest BCUT2D eigenvalue weighted by atomic mass is 9.97. The number of ether oxygens (including phenoxy) is 1. The third-order valence-electron chi connectivity index (χ3n) is 4.04. The van der Waals surface area contributed by atoms with Crippen molar-refractivity contribution in [1.29, 1.82) is 0 Å². The highest BCUT2D eigenvalue weighted by Gasteiger charge is 2.14. The lowest BCUT2D eigenvalue weighted by Gasteiger charge is -2.09. The first-order valence-electron chi connectivity index (χ1n) is 8.42. The van der Waals surface area contributed by atoms with E-state index in [0.29, 0.717) is 16.7 Å². The number of rotatable bonds is 7. The van der Waals surface area contributed by atoms with Crippen LogP contribution in [0.1, 0.15) is 15.9 Å². The molecule has 0 fully saturated rings. The third kappa shape index (κ3) is 4.79. The van der Waals surface area contributed by atoms with Crippen LogP contribution in [0.25, 0.3) is 11.1 Å². The van der Waals surface area contributed by atoms with Gasteiger partial charge in [0.25, 0.3) is 0 Å². The van der Waals surface area contributed by atoms with Crippen molar-refractivity contribution in [1.82, 2.24) is 0 Å². The summed E-state index contributed by atoms with van der Waals surface area (Å²) in [5.74, 6) is -2.66. The number of Topliss-reactive ketones (excluding diaryl/α,β-unsaturated/α-hetero) is 1. The number of halogens is 2. The minimum absolute atomic E-state index is 0.105. The summed E-state index contributed by atoms with van der Waals surface area (Å²) in [4.78, 5) is 23.1. The number of benzene rings is 3. The van der Waals surface area contributed by atoms with Crippen LogP contribution in [0, 0.1) is 11.6 Å². The van der Waals surface area contributed by atoms with E-state index in [1.54, 1.807) is 24.3 Å². The maximum atomic E-state index is 14.2. The number of carboxylic acid groups (broad SMARTS) is 1. The standard InChI is InChI=1S/C22H16F2O4/c23-17-5-2-4-15(11-17)16-7-8-20(24)19(12-16)21(25)10-14-3-1-6-18(9-14)28-13-22(26)27/h1-9,11-12H,10,13H2,(H,26,27)/p-1. The highest BCUT2D eigenvalue weighted by Crippen LogP contribution is 2.24. The molecule has 3 rings (SSSR count). The molecule has 0 spiro atoms. The van der Waals surface area contributed by atoms with Crippen LogP contribution >= 0.6 is 0 Å². The van der Waals surface area contributed by atoms with Crippen LogP contribution in [0.15, 0.2) is 66.7 Å². The zero-order valence-corrected chi connectivity index (χ0v) is 14.7. The van der Waals surface area contributed by atoms with Crippen molar-refractivity contribution in [3.63, 3.8) is 0 Å². The molecule has 0 radical (unpaired) electrons. The van der Waals surface area contributed by atoms with Gasteiger partial charge in [-0.2, -0.15) is 0 Å². The van der Waals surface area contributed by atoms with E-state index in [9.17, 15) is 23.5 Å². The predicted molar refractivity (Wildman–Crippen MR) is 96.8 cm³/mol. The van der Waals surface area contributed by atoms with Gasteiger partial charge in [0.1, 0.15) is 24.0 Å². The van der Waals surface area contributed by atoms with E-state index in [-0.39, 0.29) is 17.7 Å². The Morgan fingerprint density at radius 2 is 1.64 bits per heavy atom. The second-order valence-corrected chi connectivity index (χ2v) is 6.11. The van der Waals surface area contributed by atoms with Crippen molar-refractivity contribution < 1.29 is 28.2 Å². The summed E-state index contributed by atoms with van der Waals surface area (Å²) in [6.45, 7) is -0.609. The number of carboxylic acids is 1. The normalized spacial score (nSPS) is 10.5. The Morgan fingerprint density at radius 3 is 2.39 bits per heavy atom. The second kappa shape index (κ2) is 8.43. The van der Waals surface area contributed by atoms with Crippen LogP contribution in [-0.4, -0.2) is 18.4 Å². The van der Waals surface area contributed by atoms with Crippen LogP contribution in [0.2, 0.25) is 0 Å². The molecule has 4 nitrogen and oxygen atoms in total. The smallest absolute Gasteiger partial charge is 0.170 e. The van der Waals surface area contributed by atoms with Crippen LogP contribution < -0.4 is 9.84 Å². The molecule has 142 valence electrons. The average Bonchev–Trinajstić information content (AvgIpc) is 2.67. The number of carbonyl (C=O) groups excluding carboxylic acids is 2. The highest BCUT2D eigenvalue weighted by atomic mass is 19.1. The van der Waals surface area contributed by atoms with Gasteiger partial charge in [-0.1, -0.05) is 30.3 Å². The SMILES string of the molecule is O=C([O-])COc1cccc(CC(=O)c2cc(-c3cccc(F)c3)ccc2F)c1. The number of aliphatic carboxylic acids is 1. The molecule has 0 amide bonds. The van der Waals surface area contributed by atoms with Gasteiger partial charge in [0.2, 0.25) is 0 Å². The zero-order chi connectivity index (χ0) is 20.1. The summed E-state index contributed by atoms with van der Waals surface area (Å²) in [5, 5.41) is 10.5. The fourth-order valence-electron chi connectivity index (χ4n) is 2.75. The van der Waals surface area contributed by atoms with E-state index in [2.05, 4.69) is 0 Å². The molecule has 0 saturated carbocycles. The minimum atomic E-state index is -1.36. The van der Waals surface area contributed by atoms with E-state index in [1.807, 2.05) is 0 Å². The van der Waals surface area contributed by atoms with Crippen molar-refractivity contribution in [3.05, 3.63) is 89.5 Å². The topological polar surface area (TPSA) is 66.4 Å². The quantitative estimate of drug-likeness (QED) is 0.590. The first kappa shape index (κ1) is 19.2. The molecule has 3 aromatic carbocycles. The number of hydrogen-bond acceptors (Lipinski definition) is 4. The first-order chi connectivity index (χ1) is 13.4. The average molecular weight is 381 g/mol.